The zero-order valence-corrected chi connectivity index (χ0v) is 13.9. The van der Waals surface area contributed by atoms with Crippen LogP contribution in [0.3, 0.4) is 0 Å². The summed E-state index contributed by atoms with van der Waals surface area (Å²) in [4.78, 5) is 4.14. The van der Waals surface area contributed by atoms with Gasteiger partial charge in [0.2, 0.25) is 0 Å². The zero-order valence-electron chi connectivity index (χ0n) is 13.0. The van der Waals surface area contributed by atoms with Crippen LogP contribution in [0, 0.1) is 0 Å². The fourth-order valence-electron chi connectivity index (χ4n) is 2.20. The summed E-state index contributed by atoms with van der Waals surface area (Å²) in [5, 5.41) is 3.52. The van der Waals surface area contributed by atoms with Gasteiger partial charge in [-0.2, -0.15) is 4.31 Å². The first-order chi connectivity index (χ1) is 9.95. The molecule has 0 saturated heterocycles. The Bertz CT molecular complexity index is 553. The number of pyridine rings is 1. The second-order valence-electron chi connectivity index (χ2n) is 5.82. The smallest absolute Gasteiger partial charge is 0.260 e. The van der Waals surface area contributed by atoms with E-state index in [4.69, 9.17) is 0 Å². The van der Waals surface area contributed by atoms with Crippen molar-refractivity contribution in [1.29, 1.82) is 0 Å². The van der Waals surface area contributed by atoms with E-state index < -0.39 is 10.0 Å². The number of aromatic nitrogens is 1. The van der Waals surface area contributed by atoms with Gasteiger partial charge in [-0.15, -0.1) is 0 Å². The summed E-state index contributed by atoms with van der Waals surface area (Å²) in [7, 11) is -1.87. The average Bonchev–Trinajstić information content (AvgIpc) is 3.29. The summed E-state index contributed by atoms with van der Waals surface area (Å²) in [6.07, 6.45) is 5.93. The van der Waals surface area contributed by atoms with E-state index in [0.717, 1.165) is 24.9 Å². The summed E-state index contributed by atoms with van der Waals surface area (Å²) in [5.41, 5.74) is 1.02. The summed E-state index contributed by atoms with van der Waals surface area (Å²) in [6.45, 7) is 4.73. The first kappa shape index (κ1) is 16.4. The second-order valence-corrected chi connectivity index (χ2v) is 7.76. The van der Waals surface area contributed by atoms with E-state index in [1.165, 1.54) is 17.1 Å². The Hall–Kier alpha value is -0.980. The predicted molar refractivity (Wildman–Crippen MR) is 83.4 cm³/mol. The third-order valence-corrected chi connectivity index (χ3v) is 5.83. The lowest BCUT2D eigenvalue weighted by atomic mass is 10.2. The molecule has 1 atom stereocenters. The molecule has 0 radical (unpaired) electrons. The van der Waals surface area contributed by atoms with Crippen molar-refractivity contribution < 1.29 is 8.42 Å². The molecule has 1 aromatic heterocycles. The van der Waals surface area contributed by atoms with E-state index in [1.807, 2.05) is 13.0 Å². The van der Waals surface area contributed by atoms with Crippen molar-refractivity contribution in [3.05, 3.63) is 23.9 Å². The average molecular weight is 311 g/mol. The maximum Gasteiger partial charge on any atom is 0.260 e. The van der Waals surface area contributed by atoms with Crippen LogP contribution in [-0.4, -0.2) is 36.8 Å². The van der Waals surface area contributed by atoms with Crippen molar-refractivity contribution in [2.45, 2.75) is 63.2 Å². The number of hydrogen-bond acceptors (Lipinski definition) is 4. The maximum absolute atomic E-state index is 12.5. The fourth-order valence-corrected chi connectivity index (χ4v) is 3.50. The molecule has 2 rings (SSSR count). The molecule has 0 aromatic carbocycles. The molecule has 1 aliphatic rings. The molecule has 1 N–H and O–H groups in total. The molecule has 1 aliphatic carbocycles. The summed E-state index contributed by atoms with van der Waals surface area (Å²) in [6, 6.07) is 4.06. The fraction of sp³-hybridized carbons (Fsp3) is 0.667. The van der Waals surface area contributed by atoms with E-state index >= 15 is 0 Å². The van der Waals surface area contributed by atoms with Crippen molar-refractivity contribution in [1.82, 2.24) is 14.6 Å². The van der Waals surface area contributed by atoms with Crippen LogP contribution < -0.4 is 5.32 Å². The van der Waals surface area contributed by atoms with Gasteiger partial charge in [0.05, 0.1) is 0 Å². The highest BCUT2D eigenvalue weighted by Crippen LogP contribution is 2.20. The summed E-state index contributed by atoms with van der Waals surface area (Å²) in [5.74, 6) is 0. The topological polar surface area (TPSA) is 62.3 Å². The van der Waals surface area contributed by atoms with Gasteiger partial charge >= 0.3 is 0 Å². The van der Waals surface area contributed by atoms with Crippen LogP contribution in [0.5, 0.6) is 0 Å². The van der Waals surface area contributed by atoms with Gasteiger partial charge in [0.25, 0.3) is 10.0 Å². The summed E-state index contributed by atoms with van der Waals surface area (Å²) >= 11 is 0. The first-order valence-electron chi connectivity index (χ1n) is 7.61. The standard InChI is InChI=1S/C15H25N3O2S/c1-4-5-12(2)18(3)21(19,20)15-9-6-13(11-17-15)10-16-14-7-8-14/h6,9,11-12,14,16H,4-5,7-8,10H2,1-3H3. The Kier molecular flexibility index (Phi) is 5.35. The van der Waals surface area contributed by atoms with Crippen molar-refractivity contribution in [3.63, 3.8) is 0 Å². The largest absolute Gasteiger partial charge is 0.310 e. The lowest BCUT2D eigenvalue weighted by Crippen LogP contribution is -2.35. The van der Waals surface area contributed by atoms with Gasteiger partial charge in [-0.25, -0.2) is 13.4 Å². The molecule has 1 aromatic rings. The molecular formula is C15H25N3O2S. The monoisotopic (exact) mass is 311 g/mol. The lowest BCUT2D eigenvalue weighted by Gasteiger charge is -2.23. The van der Waals surface area contributed by atoms with Gasteiger partial charge in [-0.05, 0) is 37.8 Å². The van der Waals surface area contributed by atoms with Gasteiger partial charge in [0.1, 0.15) is 0 Å². The van der Waals surface area contributed by atoms with E-state index in [9.17, 15) is 8.42 Å². The number of nitrogens with zero attached hydrogens (tertiary/aromatic N) is 2. The molecule has 5 nitrogen and oxygen atoms in total. The second kappa shape index (κ2) is 6.85. The van der Waals surface area contributed by atoms with E-state index in [2.05, 4.69) is 17.2 Å². The highest BCUT2D eigenvalue weighted by atomic mass is 32.2. The molecule has 0 aliphatic heterocycles. The van der Waals surface area contributed by atoms with Crippen molar-refractivity contribution in [3.8, 4) is 0 Å². The number of rotatable bonds is 8. The Labute approximate surface area is 127 Å². The van der Waals surface area contributed by atoms with Crippen LogP contribution in [-0.2, 0) is 16.6 Å². The van der Waals surface area contributed by atoms with E-state index in [1.54, 1.807) is 19.3 Å². The van der Waals surface area contributed by atoms with Gasteiger partial charge in [0, 0.05) is 31.9 Å². The number of hydrogen-bond donors (Lipinski definition) is 1. The summed E-state index contributed by atoms with van der Waals surface area (Å²) < 4.78 is 26.4. The molecule has 21 heavy (non-hydrogen) atoms. The minimum atomic E-state index is -3.49. The predicted octanol–water partition coefficient (Wildman–Crippen LogP) is 2.14. The molecule has 1 saturated carbocycles. The van der Waals surface area contributed by atoms with Gasteiger partial charge in [-0.1, -0.05) is 19.4 Å². The molecule has 1 unspecified atom stereocenters. The highest BCUT2D eigenvalue weighted by molar-refractivity contribution is 7.89. The third-order valence-electron chi connectivity index (χ3n) is 3.94. The molecule has 1 heterocycles. The van der Waals surface area contributed by atoms with E-state index in [-0.39, 0.29) is 11.1 Å². The third kappa shape index (κ3) is 4.25. The zero-order chi connectivity index (χ0) is 15.5. The molecule has 0 bridgehead atoms. The molecular weight excluding hydrogens is 286 g/mol. The Balaban J connectivity index is 2.04. The van der Waals surface area contributed by atoms with Gasteiger partial charge in [-0.3, -0.25) is 0 Å². The normalized spacial score (nSPS) is 17.1. The molecule has 1 fully saturated rings. The van der Waals surface area contributed by atoms with Crippen LogP contribution in [0.1, 0.15) is 45.1 Å². The SMILES string of the molecule is CCCC(C)N(C)S(=O)(=O)c1ccc(CNC2CC2)cn1. The number of nitrogens with one attached hydrogen (secondary N) is 1. The van der Waals surface area contributed by atoms with Crippen molar-refractivity contribution >= 4 is 10.0 Å². The van der Waals surface area contributed by atoms with Gasteiger partial charge < -0.3 is 5.32 Å². The van der Waals surface area contributed by atoms with Crippen LogP contribution in [0.2, 0.25) is 0 Å². The lowest BCUT2D eigenvalue weighted by molar-refractivity contribution is 0.367. The maximum atomic E-state index is 12.5. The minimum absolute atomic E-state index is 0.0157. The molecule has 6 heteroatoms. The Morgan fingerprint density at radius 1 is 1.43 bits per heavy atom. The van der Waals surface area contributed by atoms with Crippen LogP contribution in [0.25, 0.3) is 0 Å². The molecule has 0 spiro atoms. The first-order valence-corrected chi connectivity index (χ1v) is 9.05. The van der Waals surface area contributed by atoms with Crippen LogP contribution in [0.15, 0.2) is 23.4 Å². The van der Waals surface area contributed by atoms with E-state index in [0.29, 0.717) is 6.04 Å². The van der Waals surface area contributed by atoms with Crippen molar-refractivity contribution in [2.24, 2.45) is 0 Å². The Morgan fingerprint density at radius 3 is 2.67 bits per heavy atom. The molecule has 0 amide bonds. The van der Waals surface area contributed by atoms with Gasteiger partial charge in [0.15, 0.2) is 5.03 Å². The highest BCUT2D eigenvalue weighted by Gasteiger charge is 2.26. The number of sulfonamides is 1. The quantitative estimate of drug-likeness (QED) is 0.799. The van der Waals surface area contributed by atoms with Crippen LogP contribution >= 0.6 is 0 Å². The Morgan fingerprint density at radius 2 is 2.14 bits per heavy atom. The molecule has 118 valence electrons. The minimum Gasteiger partial charge on any atom is -0.310 e. The van der Waals surface area contributed by atoms with Crippen molar-refractivity contribution in [2.75, 3.05) is 7.05 Å². The van der Waals surface area contributed by atoms with Crippen LogP contribution in [0.4, 0.5) is 0 Å².